The SMILES string of the molecule is COc1ccc(C(=O)OC2CCCOc3cc(cc(OC)c3OC)C(=O)OCCCN3CCCN(CC2)CC3)c(F)c1. The van der Waals surface area contributed by atoms with Gasteiger partial charge >= 0.3 is 11.9 Å². The van der Waals surface area contributed by atoms with Crippen molar-refractivity contribution in [2.75, 3.05) is 73.8 Å². The minimum atomic E-state index is -0.709. The highest BCUT2D eigenvalue weighted by molar-refractivity contribution is 5.91. The molecule has 0 saturated carbocycles. The number of carbonyl (C=O) groups is 2. The topological polar surface area (TPSA) is 96.0 Å². The Balaban J connectivity index is 1.52. The smallest absolute Gasteiger partial charge is 0.341 e. The number of nitrogens with zero attached hydrogens (tertiary/aromatic N) is 2. The van der Waals surface area contributed by atoms with Crippen LogP contribution in [0.3, 0.4) is 0 Å². The molecule has 0 aromatic heterocycles. The van der Waals surface area contributed by atoms with Gasteiger partial charge in [-0.2, -0.15) is 0 Å². The average molecular weight is 589 g/mol. The molecule has 2 aromatic rings. The molecule has 0 amide bonds. The monoisotopic (exact) mass is 588 g/mol. The lowest BCUT2D eigenvalue weighted by Gasteiger charge is -2.24. The Morgan fingerprint density at radius 1 is 0.833 bits per heavy atom. The Morgan fingerprint density at radius 3 is 2.29 bits per heavy atom. The lowest BCUT2D eigenvalue weighted by Crippen LogP contribution is -2.34. The zero-order valence-corrected chi connectivity index (χ0v) is 24.7. The van der Waals surface area contributed by atoms with Crippen LogP contribution in [0.25, 0.3) is 0 Å². The van der Waals surface area contributed by atoms with Crippen molar-refractivity contribution in [2.45, 2.75) is 38.2 Å². The Morgan fingerprint density at radius 2 is 1.57 bits per heavy atom. The summed E-state index contributed by atoms with van der Waals surface area (Å²) < 4.78 is 48.0. The van der Waals surface area contributed by atoms with Gasteiger partial charge in [0.2, 0.25) is 5.75 Å². The van der Waals surface area contributed by atoms with Gasteiger partial charge in [-0.15, -0.1) is 0 Å². The molecule has 3 unspecified atom stereocenters. The number of carbonyl (C=O) groups excluding carboxylic acids is 2. The second kappa shape index (κ2) is 15.6. The summed E-state index contributed by atoms with van der Waals surface area (Å²) in [6.07, 6.45) is 2.95. The molecule has 4 bridgehead atoms. The second-order valence-corrected chi connectivity index (χ2v) is 10.4. The number of halogens is 1. The highest BCUT2D eigenvalue weighted by Crippen LogP contribution is 2.39. The lowest BCUT2D eigenvalue weighted by atomic mass is 10.1. The molecule has 0 spiro atoms. The molecular formula is C31H41FN2O8. The molecule has 2 aliphatic heterocycles. The zero-order valence-electron chi connectivity index (χ0n) is 24.7. The first-order valence-corrected chi connectivity index (χ1v) is 14.5. The average Bonchev–Trinajstić information content (AvgIpc) is 3.23. The number of methoxy groups -OCH3 is 3. The Hall–Kier alpha value is -3.57. The fourth-order valence-electron chi connectivity index (χ4n) is 5.25. The zero-order chi connectivity index (χ0) is 29.9. The van der Waals surface area contributed by atoms with Gasteiger partial charge in [0.25, 0.3) is 0 Å². The Kier molecular flexibility index (Phi) is 11.7. The third-order valence-electron chi connectivity index (χ3n) is 7.58. The number of hydrogen-bond donors (Lipinski definition) is 0. The van der Waals surface area contributed by atoms with Crippen LogP contribution in [0, 0.1) is 5.82 Å². The van der Waals surface area contributed by atoms with Gasteiger partial charge in [0.15, 0.2) is 11.5 Å². The first kappa shape index (κ1) is 31.4. The van der Waals surface area contributed by atoms with Gasteiger partial charge in [-0.05, 0) is 69.5 Å². The van der Waals surface area contributed by atoms with Crippen LogP contribution < -0.4 is 18.9 Å². The highest BCUT2D eigenvalue weighted by Gasteiger charge is 2.23. The Bertz CT molecular complexity index is 1210. The predicted octanol–water partition coefficient (Wildman–Crippen LogP) is 4.19. The molecule has 2 heterocycles. The van der Waals surface area contributed by atoms with Gasteiger partial charge in [0.1, 0.15) is 17.7 Å². The normalized spacial score (nSPS) is 22.3. The van der Waals surface area contributed by atoms with E-state index in [0.717, 1.165) is 52.1 Å². The van der Waals surface area contributed by atoms with Crippen molar-refractivity contribution >= 4 is 11.9 Å². The molecular weight excluding hydrogens is 547 g/mol. The van der Waals surface area contributed by atoms with Crippen LogP contribution in [0.15, 0.2) is 30.3 Å². The molecule has 230 valence electrons. The maximum atomic E-state index is 14.6. The van der Waals surface area contributed by atoms with E-state index in [1.165, 1.54) is 39.5 Å². The van der Waals surface area contributed by atoms with Gasteiger partial charge in [0, 0.05) is 32.2 Å². The summed E-state index contributed by atoms with van der Waals surface area (Å²) in [7, 11) is 4.43. The van der Waals surface area contributed by atoms with E-state index in [1.807, 2.05) is 0 Å². The molecule has 11 heteroatoms. The summed E-state index contributed by atoms with van der Waals surface area (Å²) >= 11 is 0. The number of benzene rings is 2. The number of fused-ring (bicyclic) bond motifs is 5. The van der Waals surface area contributed by atoms with Gasteiger partial charge < -0.3 is 38.2 Å². The van der Waals surface area contributed by atoms with Crippen molar-refractivity contribution in [1.29, 1.82) is 0 Å². The molecule has 2 aliphatic rings. The third kappa shape index (κ3) is 8.48. The lowest BCUT2D eigenvalue weighted by molar-refractivity contribution is 0.0216. The van der Waals surface area contributed by atoms with Crippen LogP contribution in [0.1, 0.15) is 52.8 Å². The van der Waals surface area contributed by atoms with Crippen molar-refractivity contribution in [2.24, 2.45) is 0 Å². The molecule has 1 fully saturated rings. The standard InChI is InChI=1S/C31H41FN2O8/c1-37-24-8-9-25(26(32)21-24)31(36)42-23-7-4-17-40-28-20-22(19-27(38-2)29(28)39-3)30(35)41-18-6-13-33-11-5-12-34(14-10-23)16-15-33/h8-9,19-21,23H,4-7,10-18H2,1-3H3. The van der Waals surface area contributed by atoms with E-state index in [0.29, 0.717) is 54.4 Å². The minimum Gasteiger partial charge on any atom is -0.497 e. The van der Waals surface area contributed by atoms with Gasteiger partial charge in [-0.1, -0.05) is 0 Å². The van der Waals surface area contributed by atoms with Crippen molar-refractivity contribution in [3.63, 3.8) is 0 Å². The first-order chi connectivity index (χ1) is 20.4. The van der Waals surface area contributed by atoms with E-state index in [1.54, 1.807) is 12.1 Å². The van der Waals surface area contributed by atoms with Crippen LogP contribution in [0.5, 0.6) is 23.0 Å². The van der Waals surface area contributed by atoms with E-state index in [2.05, 4.69) is 9.80 Å². The second-order valence-electron chi connectivity index (χ2n) is 10.4. The summed E-state index contributed by atoms with van der Waals surface area (Å²) in [5.41, 5.74) is 0.174. The molecule has 0 N–H and O–H groups in total. The molecule has 1 saturated heterocycles. The van der Waals surface area contributed by atoms with E-state index in [9.17, 15) is 14.0 Å². The van der Waals surface area contributed by atoms with Gasteiger partial charge in [-0.25, -0.2) is 14.0 Å². The van der Waals surface area contributed by atoms with Crippen molar-refractivity contribution < 1.29 is 42.4 Å². The van der Waals surface area contributed by atoms with Crippen LogP contribution in [0.2, 0.25) is 0 Å². The fraction of sp³-hybridized carbons (Fsp3) is 0.548. The predicted molar refractivity (Wildman–Crippen MR) is 153 cm³/mol. The number of esters is 2. The first-order valence-electron chi connectivity index (χ1n) is 14.5. The fourth-order valence-corrected chi connectivity index (χ4v) is 5.25. The molecule has 42 heavy (non-hydrogen) atoms. The molecule has 0 radical (unpaired) electrons. The third-order valence-corrected chi connectivity index (χ3v) is 7.58. The molecule has 10 nitrogen and oxygen atoms in total. The van der Waals surface area contributed by atoms with Crippen molar-refractivity contribution in [3.8, 4) is 23.0 Å². The largest absolute Gasteiger partial charge is 0.497 e. The summed E-state index contributed by atoms with van der Waals surface area (Å²) in [5.74, 6) is -0.459. The van der Waals surface area contributed by atoms with E-state index < -0.39 is 23.9 Å². The van der Waals surface area contributed by atoms with Crippen molar-refractivity contribution in [3.05, 3.63) is 47.3 Å². The highest BCUT2D eigenvalue weighted by atomic mass is 19.1. The quantitative estimate of drug-likeness (QED) is 0.473. The Labute approximate surface area is 246 Å². The van der Waals surface area contributed by atoms with Gasteiger partial charge in [-0.3, -0.25) is 0 Å². The van der Waals surface area contributed by atoms with Crippen LogP contribution >= 0.6 is 0 Å². The minimum absolute atomic E-state index is 0.131. The van der Waals surface area contributed by atoms with Crippen LogP contribution in [-0.4, -0.2) is 102 Å². The molecule has 3 atom stereocenters. The van der Waals surface area contributed by atoms with E-state index in [-0.39, 0.29) is 12.2 Å². The van der Waals surface area contributed by atoms with E-state index in [4.69, 9.17) is 28.4 Å². The van der Waals surface area contributed by atoms with Crippen molar-refractivity contribution in [1.82, 2.24) is 9.80 Å². The summed E-state index contributed by atoms with van der Waals surface area (Å²) in [5, 5.41) is 0. The number of rotatable bonds is 5. The maximum absolute atomic E-state index is 14.6. The van der Waals surface area contributed by atoms with Crippen LogP contribution in [-0.2, 0) is 9.47 Å². The number of cyclic esters (lactones) is 1. The molecule has 0 aliphatic carbocycles. The number of ether oxygens (including phenoxy) is 6. The molecule has 2 aromatic carbocycles. The summed E-state index contributed by atoms with van der Waals surface area (Å²) in [6, 6.07) is 7.25. The maximum Gasteiger partial charge on any atom is 0.341 e. The number of hydrogen-bond acceptors (Lipinski definition) is 10. The molecule has 4 rings (SSSR count). The summed E-state index contributed by atoms with van der Waals surface area (Å²) in [4.78, 5) is 30.6. The van der Waals surface area contributed by atoms with Gasteiger partial charge in [0.05, 0.1) is 45.7 Å². The van der Waals surface area contributed by atoms with Crippen LogP contribution in [0.4, 0.5) is 4.39 Å². The summed E-state index contributed by atoms with van der Waals surface area (Å²) in [6.45, 7) is 5.86. The van der Waals surface area contributed by atoms with E-state index >= 15 is 0 Å².